The first-order valence-corrected chi connectivity index (χ1v) is 11.5. The molecule has 1 aliphatic carbocycles. The van der Waals surface area contributed by atoms with Gasteiger partial charge in [-0.3, -0.25) is 9.59 Å². The van der Waals surface area contributed by atoms with Crippen LogP contribution in [0.1, 0.15) is 52.4 Å². The Bertz CT molecular complexity index is 1340. The Kier molecular flexibility index (Phi) is 5.51. The summed E-state index contributed by atoms with van der Waals surface area (Å²) in [5.74, 6) is 0.321. The number of fused-ring (bicyclic) bond motifs is 1. The number of aromatic nitrogens is 2. The maximum absolute atomic E-state index is 13.2. The van der Waals surface area contributed by atoms with Crippen LogP contribution in [-0.2, 0) is 4.79 Å². The number of ketones is 1. The van der Waals surface area contributed by atoms with Crippen molar-refractivity contribution in [3.8, 4) is 0 Å². The average Bonchev–Trinajstić information content (AvgIpc) is 3.19. The van der Waals surface area contributed by atoms with E-state index < -0.39 is 6.04 Å². The Balaban J connectivity index is 1.58. The van der Waals surface area contributed by atoms with Gasteiger partial charge >= 0.3 is 0 Å². The summed E-state index contributed by atoms with van der Waals surface area (Å²) < 4.78 is 1.67. The lowest BCUT2D eigenvalue weighted by Crippen LogP contribution is -2.32. The topological polar surface area (TPSA) is 76.0 Å². The molecule has 8 heteroatoms. The Morgan fingerprint density at radius 2 is 1.94 bits per heavy atom. The first-order valence-electron chi connectivity index (χ1n) is 10.8. The zero-order valence-electron chi connectivity index (χ0n) is 18.2. The third-order valence-corrected chi connectivity index (χ3v) is 6.87. The Morgan fingerprint density at radius 3 is 2.70 bits per heavy atom. The Labute approximate surface area is 201 Å². The molecule has 2 aliphatic rings. The molecule has 0 fully saturated rings. The molecule has 2 N–H and O–H groups in total. The van der Waals surface area contributed by atoms with Crippen molar-refractivity contribution in [2.24, 2.45) is 0 Å². The third kappa shape index (κ3) is 3.83. The van der Waals surface area contributed by atoms with E-state index in [0.717, 1.165) is 28.8 Å². The van der Waals surface area contributed by atoms with Gasteiger partial charge in [0.2, 0.25) is 0 Å². The van der Waals surface area contributed by atoms with Gasteiger partial charge in [-0.25, -0.2) is 4.68 Å². The molecule has 3 aromatic rings. The molecule has 0 saturated heterocycles. The highest BCUT2D eigenvalue weighted by molar-refractivity contribution is 6.35. The summed E-state index contributed by atoms with van der Waals surface area (Å²) in [7, 11) is 0. The van der Waals surface area contributed by atoms with E-state index in [1.54, 1.807) is 16.8 Å². The smallest absolute Gasteiger partial charge is 0.261 e. The maximum atomic E-state index is 13.2. The van der Waals surface area contributed by atoms with Crippen molar-refractivity contribution in [1.29, 1.82) is 0 Å². The minimum atomic E-state index is -0.531. The number of carbonyl (C=O) groups is 2. The molecule has 0 unspecified atom stereocenters. The van der Waals surface area contributed by atoms with E-state index in [-0.39, 0.29) is 11.7 Å². The molecule has 2 heterocycles. The number of halogens is 2. The van der Waals surface area contributed by atoms with Crippen molar-refractivity contribution in [1.82, 2.24) is 9.78 Å². The number of amides is 1. The van der Waals surface area contributed by atoms with Gasteiger partial charge in [0.15, 0.2) is 5.78 Å². The average molecular weight is 481 g/mol. The second-order valence-electron chi connectivity index (χ2n) is 8.47. The predicted molar refractivity (Wildman–Crippen MR) is 130 cm³/mol. The van der Waals surface area contributed by atoms with Crippen molar-refractivity contribution in [3.05, 3.63) is 86.2 Å². The second kappa shape index (κ2) is 8.36. The summed E-state index contributed by atoms with van der Waals surface area (Å²) in [5.41, 5.74) is 5.53. The Hall–Kier alpha value is -3.09. The van der Waals surface area contributed by atoms with Crippen LogP contribution in [0, 0.1) is 13.8 Å². The lowest BCUT2D eigenvalue weighted by atomic mass is 9.85. The largest absolute Gasteiger partial charge is 0.343 e. The lowest BCUT2D eigenvalue weighted by Gasteiger charge is -2.33. The van der Waals surface area contributed by atoms with Crippen LogP contribution in [0.3, 0.4) is 0 Å². The number of hydrogen-bond donors (Lipinski definition) is 2. The van der Waals surface area contributed by atoms with E-state index >= 15 is 0 Å². The maximum Gasteiger partial charge on any atom is 0.261 e. The van der Waals surface area contributed by atoms with Crippen LogP contribution < -0.4 is 10.6 Å². The number of nitrogens with zero attached hydrogens (tertiary/aromatic N) is 2. The number of benzene rings is 2. The van der Waals surface area contributed by atoms with E-state index in [2.05, 4.69) is 15.7 Å². The van der Waals surface area contributed by atoms with E-state index in [1.165, 1.54) is 6.20 Å². The van der Waals surface area contributed by atoms with E-state index in [4.69, 9.17) is 23.2 Å². The standard InChI is InChI=1S/C25H22Cl2N4O2/c1-13-6-8-16(10-14(13)2)29-25(33)18-12-28-31-23(17-9-7-15(26)11-19(17)27)22-20(30-24(18)31)4-3-5-21(22)32/h6-12,23,30H,3-5H2,1-2H3,(H,29,33)/t23-/m0/s1. The molecule has 6 nitrogen and oxygen atoms in total. The fourth-order valence-electron chi connectivity index (χ4n) is 4.45. The quantitative estimate of drug-likeness (QED) is 0.476. The van der Waals surface area contributed by atoms with Crippen LogP contribution in [0.5, 0.6) is 0 Å². The van der Waals surface area contributed by atoms with E-state index in [9.17, 15) is 9.59 Å². The number of rotatable bonds is 3. The van der Waals surface area contributed by atoms with Gasteiger partial charge in [-0.2, -0.15) is 5.10 Å². The predicted octanol–water partition coefficient (Wildman–Crippen LogP) is 6.08. The molecule has 0 spiro atoms. The molecule has 1 aliphatic heterocycles. The van der Waals surface area contributed by atoms with Crippen LogP contribution in [0.15, 0.2) is 53.9 Å². The summed E-state index contributed by atoms with van der Waals surface area (Å²) in [6.07, 6.45) is 3.47. The van der Waals surface area contributed by atoms with Gasteiger partial charge in [-0.1, -0.05) is 35.3 Å². The SMILES string of the molecule is Cc1ccc(NC(=O)c2cnn3c2NC2=C(C(=O)CCC2)[C@@H]3c2ccc(Cl)cc2Cl)cc1C. The summed E-state index contributed by atoms with van der Waals surface area (Å²) in [4.78, 5) is 26.1. The van der Waals surface area contributed by atoms with E-state index in [1.807, 2.05) is 38.1 Å². The van der Waals surface area contributed by atoms with Crippen LogP contribution >= 0.6 is 23.2 Å². The summed E-state index contributed by atoms with van der Waals surface area (Å²) in [6, 6.07) is 10.5. The van der Waals surface area contributed by atoms with Gasteiger partial charge in [0.05, 0.1) is 6.20 Å². The zero-order valence-corrected chi connectivity index (χ0v) is 19.7. The number of anilines is 2. The molecule has 168 valence electrons. The number of allylic oxidation sites excluding steroid dienone is 2. The van der Waals surface area contributed by atoms with E-state index in [0.29, 0.717) is 45.5 Å². The lowest BCUT2D eigenvalue weighted by molar-refractivity contribution is -0.116. The minimum Gasteiger partial charge on any atom is -0.343 e. The summed E-state index contributed by atoms with van der Waals surface area (Å²) in [6.45, 7) is 4.03. The van der Waals surface area contributed by atoms with Gasteiger partial charge in [0.25, 0.3) is 5.91 Å². The first kappa shape index (κ1) is 21.7. The fourth-order valence-corrected chi connectivity index (χ4v) is 4.96. The minimum absolute atomic E-state index is 0.0575. The van der Waals surface area contributed by atoms with Gasteiger partial charge in [-0.05, 0) is 62.1 Å². The molecule has 1 atom stereocenters. The molecule has 33 heavy (non-hydrogen) atoms. The second-order valence-corrected chi connectivity index (χ2v) is 9.31. The molecule has 1 aromatic heterocycles. The Morgan fingerprint density at radius 1 is 1.12 bits per heavy atom. The summed E-state index contributed by atoms with van der Waals surface area (Å²) >= 11 is 12.7. The molecule has 1 amide bonds. The molecule has 5 rings (SSSR count). The number of hydrogen-bond acceptors (Lipinski definition) is 4. The third-order valence-electron chi connectivity index (χ3n) is 6.31. The molecule has 0 radical (unpaired) electrons. The van der Waals surface area contributed by atoms with Crippen molar-refractivity contribution in [3.63, 3.8) is 0 Å². The van der Waals surface area contributed by atoms with Gasteiger partial charge in [-0.15, -0.1) is 0 Å². The number of aryl methyl sites for hydroxylation is 2. The van der Waals surface area contributed by atoms with Gasteiger partial charge in [0, 0.05) is 39.0 Å². The van der Waals surface area contributed by atoms with Crippen molar-refractivity contribution >= 4 is 46.4 Å². The summed E-state index contributed by atoms with van der Waals surface area (Å²) in [5, 5.41) is 11.8. The fraction of sp³-hybridized carbons (Fsp3) is 0.240. The number of nitrogens with one attached hydrogen (secondary N) is 2. The zero-order chi connectivity index (χ0) is 23.3. The number of carbonyl (C=O) groups excluding carboxylic acids is 2. The van der Waals surface area contributed by atoms with Crippen molar-refractivity contribution < 1.29 is 9.59 Å². The van der Waals surface area contributed by atoms with Gasteiger partial charge in [0.1, 0.15) is 17.4 Å². The molecule has 2 aromatic carbocycles. The highest BCUT2D eigenvalue weighted by atomic mass is 35.5. The van der Waals surface area contributed by atoms with Crippen LogP contribution in [0.25, 0.3) is 0 Å². The van der Waals surface area contributed by atoms with Crippen LogP contribution in [0.4, 0.5) is 11.5 Å². The van der Waals surface area contributed by atoms with Crippen LogP contribution in [-0.4, -0.2) is 21.5 Å². The van der Waals surface area contributed by atoms with Crippen molar-refractivity contribution in [2.45, 2.75) is 39.2 Å². The normalized spacial score (nSPS) is 17.3. The number of Topliss-reactive ketones (excluding diaryl/α,β-unsaturated/α-hetero) is 1. The first-order chi connectivity index (χ1) is 15.8. The van der Waals surface area contributed by atoms with Gasteiger partial charge < -0.3 is 10.6 Å². The molecule has 0 bridgehead atoms. The monoisotopic (exact) mass is 480 g/mol. The van der Waals surface area contributed by atoms with Crippen LogP contribution in [0.2, 0.25) is 10.0 Å². The molecule has 0 saturated carbocycles. The van der Waals surface area contributed by atoms with Crippen molar-refractivity contribution in [2.75, 3.05) is 10.6 Å². The molecular weight excluding hydrogens is 459 g/mol. The highest BCUT2D eigenvalue weighted by Gasteiger charge is 2.38. The highest BCUT2D eigenvalue weighted by Crippen LogP contribution is 2.43. The molecular formula is C25H22Cl2N4O2.